The molecule has 6 heteroatoms. The van der Waals surface area contributed by atoms with Crippen molar-refractivity contribution in [3.8, 4) is 0 Å². The van der Waals surface area contributed by atoms with Gasteiger partial charge in [-0.1, -0.05) is 0 Å². The fourth-order valence-electron chi connectivity index (χ4n) is 1.91. The number of thiophene rings is 1. The van der Waals surface area contributed by atoms with Crippen molar-refractivity contribution in [1.82, 2.24) is 14.9 Å². The largest absolute Gasteiger partial charge is 0.372 e. The van der Waals surface area contributed by atoms with Crippen LogP contribution in [0.4, 0.5) is 5.82 Å². The lowest BCUT2D eigenvalue weighted by Crippen LogP contribution is -2.31. The Bertz CT molecular complexity index is 540. The molecule has 0 amide bonds. The summed E-state index contributed by atoms with van der Waals surface area (Å²) in [5.74, 6) is 2.93. The van der Waals surface area contributed by atoms with Crippen LogP contribution in [0.1, 0.15) is 12.7 Å². The molecule has 0 aromatic carbocycles. The van der Waals surface area contributed by atoms with Gasteiger partial charge in [-0.3, -0.25) is 4.90 Å². The number of fused-ring (bicyclic) bond motifs is 1. The lowest BCUT2D eigenvalue weighted by atomic mass is 10.3. The first kappa shape index (κ1) is 14.6. The van der Waals surface area contributed by atoms with E-state index >= 15 is 0 Å². The summed E-state index contributed by atoms with van der Waals surface area (Å²) in [4.78, 5) is 12.6. The van der Waals surface area contributed by atoms with Gasteiger partial charge >= 0.3 is 0 Å². The first-order valence-corrected chi connectivity index (χ1v) is 8.54. The molecule has 0 aliphatic rings. The number of thioether (sulfide) groups is 1. The zero-order valence-electron chi connectivity index (χ0n) is 11.8. The molecule has 0 aliphatic carbocycles. The van der Waals surface area contributed by atoms with Gasteiger partial charge in [-0.15, -0.1) is 11.3 Å². The smallest absolute Gasteiger partial charge is 0.146 e. The Hall–Kier alpha value is -0.850. The standard InChI is InChI=1S/C13H20N4S2/c1-9(8-18-4)17(3)7-11-15-12(14-2)10-5-6-19-13(10)16-11/h5-6,9H,7-8H2,1-4H3,(H,14,15,16). The van der Waals surface area contributed by atoms with Crippen molar-refractivity contribution in [2.45, 2.75) is 19.5 Å². The van der Waals surface area contributed by atoms with E-state index in [1.807, 2.05) is 18.8 Å². The molecule has 2 heterocycles. The van der Waals surface area contributed by atoms with Crippen LogP contribution in [0.15, 0.2) is 11.4 Å². The van der Waals surface area contributed by atoms with Crippen LogP contribution in [0.3, 0.4) is 0 Å². The second-order valence-electron chi connectivity index (χ2n) is 4.60. The third-order valence-electron chi connectivity index (χ3n) is 3.16. The van der Waals surface area contributed by atoms with Crippen molar-refractivity contribution < 1.29 is 0 Å². The normalized spacial score (nSPS) is 13.1. The van der Waals surface area contributed by atoms with Crippen molar-refractivity contribution in [2.24, 2.45) is 0 Å². The molecule has 2 rings (SSSR count). The summed E-state index contributed by atoms with van der Waals surface area (Å²) < 4.78 is 0. The molecule has 4 nitrogen and oxygen atoms in total. The minimum absolute atomic E-state index is 0.524. The summed E-state index contributed by atoms with van der Waals surface area (Å²) in [6.07, 6.45) is 2.14. The fourth-order valence-corrected chi connectivity index (χ4v) is 3.43. The van der Waals surface area contributed by atoms with Crippen molar-refractivity contribution >= 4 is 39.1 Å². The predicted octanol–water partition coefficient (Wildman–Crippen LogP) is 2.92. The predicted molar refractivity (Wildman–Crippen MR) is 86.3 cm³/mol. The van der Waals surface area contributed by atoms with Crippen LogP contribution in [-0.2, 0) is 6.54 Å². The molecule has 104 valence electrons. The van der Waals surface area contributed by atoms with Crippen LogP contribution in [-0.4, -0.2) is 47.0 Å². The minimum atomic E-state index is 0.524. The third kappa shape index (κ3) is 3.38. The van der Waals surface area contributed by atoms with Crippen LogP contribution >= 0.6 is 23.1 Å². The Morgan fingerprint density at radius 1 is 1.47 bits per heavy atom. The molecular weight excluding hydrogens is 276 g/mol. The van der Waals surface area contributed by atoms with Gasteiger partial charge in [0, 0.05) is 18.8 Å². The lowest BCUT2D eigenvalue weighted by molar-refractivity contribution is 0.263. The molecule has 1 N–H and O–H groups in total. The highest BCUT2D eigenvalue weighted by Crippen LogP contribution is 2.25. The van der Waals surface area contributed by atoms with E-state index in [9.17, 15) is 0 Å². The third-order valence-corrected chi connectivity index (χ3v) is 4.78. The highest BCUT2D eigenvalue weighted by Gasteiger charge is 2.13. The van der Waals surface area contributed by atoms with Crippen molar-refractivity contribution in [3.05, 3.63) is 17.3 Å². The monoisotopic (exact) mass is 296 g/mol. The van der Waals surface area contributed by atoms with E-state index in [0.717, 1.165) is 34.2 Å². The average Bonchev–Trinajstić information content (AvgIpc) is 2.86. The number of aromatic nitrogens is 2. The second kappa shape index (κ2) is 6.54. The molecular formula is C13H20N4S2. The molecule has 0 fully saturated rings. The zero-order valence-corrected chi connectivity index (χ0v) is 13.4. The van der Waals surface area contributed by atoms with Crippen LogP contribution in [0.5, 0.6) is 0 Å². The van der Waals surface area contributed by atoms with E-state index < -0.39 is 0 Å². The van der Waals surface area contributed by atoms with Crippen LogP contribution < -0.4 is 5.32 Å². The maximum atomic E-state index is 4.65. The summed E-state index contributed by atoms with van der Waals surface area (Å²) in [5.41, 5.74) is 0. The molecule has 0 radical (unpaired) electrons. The van der Waals surface area contributed by atoms with Crippen molar-refractivity contribution in [2.75, 3.05) is 31.4 Å². The molecule has 2 aromatic rings. The van der Waals surface area contributed by atoms with Gasteiger partial charge in [0.05, 0.1) is 11.9 Å². The molecule has 1 unspecified atom stereocenters. The Balaban J connectivity index is 2.20. The molecule has 0 spiro atoms. The van der Waals surface area contributed by atoms with Gasteiger partial charge in [-0.25, -0.2) is 9.97 Å². The molecule has 1 atom stereocenters. The molecule has 0 aliphatic heterocycles. The lowest BCUT2D eigenvalue weighted by Gasteiger charge is -2.23. The van der Waals surface area contributed by atoms with Crippen LogP contribution in [0.2, 0.25) is 0 Å². The SMILES string of the molecule is CNc1nc(CN(C)C(C)CSC)nc2sccc12. The van der Waals surface area contributed by atoms with Crippen LogP contribution in [0, 0.1) is 0 Å². The highest BCUT2D eigenvalue weighted by atomic mass is 32.2. The minimum Gasteiger partial charge on any atom is -0.372 e. The number of anilines is 1. The second-order valence-corrected chi connectivity index (χ2v) is 6.40. The Labute approximate surface area is 122 Å². The number of nitrogens with one attached hydrogen (secondary N) is 1. The van der Waals surface area contributed by atoms with Crippen LogP contribution in [0.25, 0.3) is 10.2 Å². The molecule has 19 heavy (non-hydrogen) atoms. The Morgan fingerprint density at radius 2 is 2.26 bits per heavy atom. The number of rotatable bonds is 6. The Kier molecular flexibility index (Phi) is 5.01. The highest BCUT2D eigenvalue weighted by molar-refractivity contribution is 7.98. The maximum absolute atomic E-state index is 4.65. The summed E-state index contributed by atoms with van der Waals surface area (Å²) in [5, 5.41) is 6.32. The van der Waals surface area contributed by atoms with E-state index in [1.54, 1.807) is 11.3 Å². The quantitative estimate of drug-likeness (QED) is 0.887. The Morgan fingerprint density at radius 3 is 2.95 bits per heavy atom. The van der Waals surface area contributed by atoms with Gasteiger partial charge in [0.15, 0.2) is 0 Å². The van der Waals surface area contributed by atoms with Crippen molar-refractivity contribution in [3.63, 3.8) is 0 Å². The van der Waals surface area contributed by atoms with E-state index in [2.05, 4.69) is 51.9 Å². The average molecular weight is 296 g/mol. The maximum Gasteiger partial charge on any atom is 0.146 e. The van der Waals surface area contributed by atoms with Gasteiger partial charge in [0.2, 0.25) is 0 Å². The van der Waals surface area contributed by atoms with E-state index in [-0.39, 0.29) is 0 Å². The van der Waals surface area contributed by atoms with Gasteiger partial charge in [-0.2, -0.15) is 11.8 Å². The molecule has 0 saturated carbocycles. The summed E-state index contributed by atoms with van der Waals surface area (Å²) >= 11 is 3.53. The van der Waals surface area contributed by atoms with Gasteiger partial charge in [-0.05, 0) is 31.7 Å². The zero-order chi connectivity index (χ0) is 13.8. The fraction of sp³-hybridized carbons (Fsp3) is 0.538. The first-order chi connectivity index (χ1) is 9.15. The topological polar surface area (TPSA) is 41.1 Å². The summed E-state index contributed by atoms with van der Waals surface area (Å²) in [7, 11) is 4.03. The summed E-state index contributed by atoms with van der Waals surface area (Å²) in [6, 6.07) is 2.59. The van der Waals surface area contributed by atoms with E-state index in [1.165, 1.54) is 0 Å². The van der Waals surface area contributed by atoms with Crippen molar-refractivity contribution in [1.29, 1.82) is 0 Å². The summed E-state index contributed by atoms with van der Waals surface area (Å²) in [6.45, 7) is 3.02. The van der Waals surface area contributed by atoms with E-state index in [0.29, 0.717) is 6.04 Å². The molecule has 0 saturated heterocycles. The van der Waals surface area contributed by atoms with Gasteiger partial charge < -0.3 is 5.32 Å². The molecule has 0 bridgehead atoms. The van der Waals surface area contributed by atoms with Gasteiger partial charge in [0.25, 0.3) is 0 Å². The number of hydrogen-bond donors (Lipinski definition) is 1. The molecule has 2 aromatic heterocycles. The number of hydrogen-bond acceptors (Lipinski definition) is 6. The number of nitrogens with zero attached hydrogens (tertiary/aromatic N) is 3. The first-order valence-electron chi connectivity index (χ1n) is 6.26. The van der Waals surface area contributed by atoms with Gasteiger partial charge in [0.1, 0.15) is 16.5 Å². The van der Waals surface area contributed by atoms with E-state index in [4.69, 9.17) is 0 Å².